The Kier molecular flexibility index (Phi) is 11.6. The molecule has 0 saturated carbocycles. The Morgan fingerprint density at radius 3 is 1.86 bits per heavy atom. The van der Waals surface area contributed by atoms with Crippen molar-refractivity contribution in [2.45, 2.75) is 51.0 Å². The number of hydrogen-bond acceptors (Lipinski definition) is 7. The maximum absolute atomic E-state index is 14.2. The number of rotatable bonds is 11. The number of hydrogen-bond donors (Lipinski definition) is 0. The van der Waals surface area contributed by atoms with Crippen molar-refractivity contribution in [3.8, 4) is 0 Å². The van der Waals surface area contributed by atoms with E-state index >= 15 is 0 Å². The van der Waals surface area contributed by atoms with E-state index in [9.17, 15) is 30.4 Å². The number of carbonyl (C=O) groups is 1. The van der Waals surface area contributed by atoms with Gasteiger partial charge in [0.2, 0.25) is 26.0 Å². The molecule has 3 heterocycles. The van der Waals surface area contributed by atoms with Gasteiger partial charge in [0.15, 0.2) is 0 Å². The molecule has 1 amide bonds. The first-order chi connectivity index (χ1) is 20.2. The SMILES string of the molecule is CCN(C(=O)CN1CCN(S(C)(=O)=O)CC1)C1CCN(CC[C@@H](c2cc(F)cc(F)c2)C2CCN(S(C)(=O)=O)CC2)CC1. The van der Waals surface area contributed by atoms with Crippen molar-refractivity contribution in [1.29, 1.82) is 0 Å². The van der Waals surface area contributed by atoms with Gasteiger partial charge in [-0.15, -0.1) is 0 Å². The van der Waals surface area contributed by atoms with Crippen molar-refractivity contribution < 1.29 is 30.4 Å². The van der Waals surface area contributed by atoms with Crippen molar-refractivity contribution in [1.82, 2.24) is 23.3 Å². The van der Waals surface area contributed by atoms with Gasteiger partial charge in [-0.2, -0.15) is 4.31 Å². The predicted molar refractivity (Wildman–Crippen MR) is 163 cm³/mol. The van der Waals surface area contributed by atoms with E-state index in [0.29, 0.717) is 70.6 Å². The lowest BCUT2D eigenvalue weighted by Crippen LogP contribution is -2.53. The first-order valence-corrected chi connectivity index (χ1v) is 19.0. The second kappa shape index (κ2) is 14.6. The van der Waals surface area contributed by atoms with E-state index in [1.54, 1.807) is 0 Å². The third-order valence-corrected chi connectivity index (χ3v) is 12.0. The highest BCUT2D eigenvalue weighted by Crippen LogP contribution is 2.37. The Morgan fingerprint density at radius 2 is 1.35 bits per heavy atom. The lowest BCUT2D eigenvalue weighted by Gasteiger charge is -2.40. The first kappa shape index (κ1) is 34.2. The zero-order valence-corrected chi connectivity index (χ0v) is 27.3. The highest BCUT2D eigenvalue weighted by Gasteiger charge is 2.33. The summed E-state index contributed by atoms with van der Waals surface area (Å²) in [6.45, 7) is 7.99. The number of piperazine rings is 1. The van der Waals surface area contributed by atoms with E-state index in [1.165, 1.54) is 33.3 Å². The van der Waals surface area contributed by atoms with Crippen LogP contribution in [0.15, 0.2) is 18.2 Å². The molecule has 10 nitrogen and oxygen atoms in total. The van der Waals surface area contributed by atoms with Crippen LogP contribution in [0.1, 0.15) is 50.5 Å². The van der Waals surface area contributed by atoms with Gasteiger partial charge in [-0.05, 0) is 75.1 Å². The third kappa shape index (κ3) is 9.40. The van der Waals surface area contributed by atoms with Gasteiger partial charge >= 0.3 is 0 Å². The van der Waals surface area contributed by atoms with Gasteiger partial charge in [0.05, 0.1) is 19.1 Å². The van der Waals surface area contributed by atoms with Crippen LogP contribution in [0.3, 0.4) is 0 Å². The number of piperidine rings is 2. The van der Waals surface area contributed by atoms with Crippen LogP contribution in [0.4, 0.5) is 8.78 Å². The lowest BCUT2D eigenvalue weighted by molar-refractivity contribution is -0.135. The quantitative estimate of drug-likeness (QED) is 0.362. The van der Waals surface area contributed by atoms with Gasteiger partial charge in [0.1, 0.15) is 11.6 Å². The van der Waals surface area contributed by atoms with Crippen LogP contribution < -0.4 is 0 Å². The van der Waals surface area contributed by atoms with Crippen molar-refractivity contribution in [3.63, 3.8) is 0 Å². The molecular weight excluding hydrogens is 600 g/mol. The molecule has 3 aliphatic heterocycles. The molecule has 0 bridgehead atoms. The zero-order chi connectivity index (χ0) is 31.4. The Bertz CT molecular complexity index is 1290. The second-order valence-electron chi connectivity index (χ2n) is 12.3. The molecule has 0 spiro atoms. The average molecular weight is 648 g/mol. The van der Waals surface area contributed by atoms with Crippen LogP contribution in [0.2, 0.25) is 0 Å². The Morgan fingerprint density at radius 1 is 0.814 bits per heavy atom. The smallest absolute Gasteiger partial charge is 0.236 e. The molecule has 4 rings (SSSR count). The molecule has 3 aliphatic rings. The maximum Gasteiger partial charge on any atom is 0.236 e. The van der Waals surface area contributed by atoms with Crippen molar-refractivity contribution >= 4 is 26.0 Å². The molecule has 1 aromatic rings. The number of nitrogens with zero attached hydrogens (tertiary/aromatic N) is 5. The predicted octanol–water partition coefficient (Wildman–Crippen LogP) is 2.00. The largest absolute Gasteiger partial charge is 0.339 e. The van der Waals surface area contributed by atoms with Gasteiger partial charge in [0, 0.05) is 71.0 Å². The van der Waals surface area contributed by atoms with Crippen molar-refractivity contribution in [2.24, 2.45) is 5.92 Å². The Hall–Kier alpha value is -1.71. The van der Waals surface area contributed by atoms with Crippen LogP contribution in [0.25, 0.3) is 0 Å². The van der Waals surface area contributed by atoms with E-state index in [-0.39, 0.29) is 30.3 Å². The number of sulfonamides is 2. The average Bonchev–Trinajstić information content (AvgIpc) is 2.93. The summed E-state index contributed by atoms with van der Waals surface area (Å²) in [6, 6.07) is 3.84. The van der Waals surface area contributed by atoms with Crippen LogP contribution in [0, 0.1) is 17.6 Å². The van der Waals surface area contributed by atoms with Gasteiger partial charge in [-0.1, -0.05) is 0 Å². The molecule has 1 aromatic carbocycles. The number of halogens is 2. The van der Waals surface area contributed by atoms with Crippen LogP contribution in [-0.4, -0.2) is 137 Å². The van der Waals surface area contributed by atoms with Gasteiger partial charge < -0.3 is 9.80 Å². The summed E-state index contributed by atoms with van der Waals surface area (Å²) < 4.78 is 78.9. The molecule has 244 valence electrons. The fourth-order valence-electron chi connectivity index (χ4n) is 6.99. The molecule has 1 atom stereocenters. The van der Waals surface area contributed by atoms with Crippen molar-refractivity contribution in [3.05, 3.63) is 35.4 Å². The van der Waals surface area contributed by atoms with Crippen molar-refractivity contribution in [2.75, 3.05) is 84.5 Å². The number of carbonyl (C=O) groups excluding carboxylic acids is 1. The Labute approximate surface area is 256 Å². The normalized spacial score (nSPS) is 22.1. The van der Waals surface area contributed by atoms with Gasteiger partial charge in [0.25, 0.3) is 0 Å². The van der Waals surface area contributed by atoms with E-state index in [2.05, 4.69) is 4.90 Å². The zero-order valence-electron chi connectivity index (χ0n) is 25.6. The fourth-order valence-corrected chi connectivity index (χ4v) is 8.69. The Balaban J connectivity index is 1.30. The molecule has 0 N–H and O–H groups in total. The van der Waals surface area contributed by atoms with E-state index in [4.69, 9.17) is 0 Å². The molecule has 0 unspecified atom stereocenters. The number of likely N-dealkylation sites (N-methyl/N-ethyl adjacent to an activating group) is 1. The summed E-state index contributed by atoms with van der Waals surface area (Å²) in [7, 11) is -6.48. The highest BCUT2D eigenvalue weighted by molar-refractivity contribution is 7.88. The second-order valence-corrected chi connectivity index (χ2v) is 16.3. The molecule has 3 fully saturated rings. The summed E-state index contributed by atoms with van der Waals surface area (Å²) in [5.41, 5.74) is 0.630. The van der Waals surface area contributed by atoms with E-state index < -0.39 is 31.7 Å². The molecule has 14 heteroatoms. The number of likely N-dealkylation sites (tertiary alicyclic amines) is 1. The van der Waals surface area contributed by atoms with Crippen LogP contribution in [0.5, 0.6) is 0 Å². The summed E-state index contributed by atoms with van der Waals surface area (Å²) in [5.74, 6) is -1.08. The minimum absolute atomic E-state index is 0.0717. The van der Waals surface area contributed by atoms with E-state index in [0.717, 1.165) is 38.5 Å². The third-order valence-electron chi connectivity index (χ3n) is 9.42. The van der Waals surface area contributed by atoms with Crippen LogP contribution in [-0.2, 0) is 24.8 Å². The lowest BCUT2D eigenvalue weighted by atomic mass is 9.78. The summed E-state index contributed by atoms with van der Waals surface area (Å²) in [5, 5.41) is 0. The molecule has 0 aliphatic carbocycles. The minimum atomic E-state index is -3.27. The topological polar surface area (TPSA) is 102 Å². The standard InChI is InChI=1S/C29H47F2N5O5S2/c1-4-36(29(37)22-33-15-17-35(18-16-33)43(3,40)41)27-7-10-32(11-8-27)12-9-28(24-19-25(30)21-26(31)20-24)23-5-13-34(14-6-23)42(2,38)39/h19-21,23,27-28H,4-18,22H2,1-3H3/t28-/m1/s1. The maximum atomic E-state index is 14.2. The molecule has 0 radical (unpaired) electrons. The molecule has 3 saturated heterocycles. The molecular formula is C29H47F2N5O5S2. The summed E-state index contributed by atoms with van der Waals surface area (Å²) in [4.78, 5) is 19.6. The highest BCUT2D eigenvalue weighted by atomic mass is 32.2. The van der Waals surface area contributed by atoms with E-state index in [1.807, 2.05) is 16.7 Å². The first-order valence-electron chi connectivity index (χ1n) is 15.3. The fraction of sp³-hybridized carbons (Fsp3) is 0.759. The minimum Gasteiger partial charge on any atom is -0.339 e. The number of amides is 1. The van der Waals surface area contributed by atoms with Gasteiger partial charge in [-0.25, -0.2) is 29.9 Å². The van der Waals surface area contributed by atoms with Crippen LogP contribution >= 0.6 is 0 Å². The molecule has 43 heavy (non-hydrogen) atoms. The summed E-state index contributed by atoms with van der Waals surface area (Å²) >= 11 is 0. The number of benzene rings is 1. The summed E-state index contributed by atoms with van der Waals surface area (Å²) in [6.07, 6.45) is 6.12. The van der Waals surface area contributed by atoms with Gasteiger partial charge in [-0.3, -0.25) is 9.69 Å². The monoisotopic (exact) mass is 647 g/mol. The molecule has 0 aromatic heterocycles.